The van der Waals surface area contributed by atoms with Crippen molar-refractivity contribution in [2.45, 2.75) is 0 Å². The molecule has 2 heterocycles. The van der Waals surface area contributed by atoms with Crippen LogP contribution in [0.5, 0.6) is 17.2 Å². The van der Waals surface area contributed by atoms with Gasteiger partial charge in [-0.1, -0.05) is 0 Å². The fourth-order valence-electron chi connectivity index (χ4n) is 1.96. The van der Waals surface area contributed by atoms with Gasteiger partial charge in [0.05, 0.1) is 5.69 Å². The summed E-state index contributed by atoms with van der Waals surface area (Å²) in [5.41, 5.74) is 0.828. The number of hydrogen-bond acceptors (Lipinski definition) is 5. The third-order valence-electron chi connectivity index (χ3n) is 2.87. The number of nitrogens with zero attached hydrogens (tertiary/aromatic N) is 2. The number of phenolic OH excluding ortho intramolecular Hbond substituents is 1. The van der Waals surface area contributed by atoms with Crippen LogP contribution in [0.2, 0.25) is 0 Å². The van der Waals surface area contributed by atoms with Crippen molar-refractivity contribution in [1.29, 1.82) is 0 Å². The number of benzene rings is 1. The zero-order valence-corrected chi connectivity index (χ0v) is 9.95. The number of aryl methyl sites for hydroxylation is 1. The number of aromatic nitrogens is 2. The van der Waals surface area contributed by atoms with Gasteiger partial charge in [0.2, 0.25) is 6.79 Å². The van der Waals surface area contributed by atoms with Gasteiger partial charge in [-0.2, -0.15) is 5.10 Å². The second-order valence-corrected chi connectivity index (χ2v) is 4.07. The first-order valence-electron chi connectivity index (χ1n) is 5.46. The molecule has 1 aromatic carbocycles. The van der Waals surface area contributed by atoms with Gasteiger partial charge in [-0.25, -0.2) is 4.79 Å². The fourth-order valence-corrected chi connectivity index (χ4v) is 1.96. The molecule has 0 unspecified atom stereocenters. The summed E-state index contributed by atoms with van der Waals surface area (Å²) in [6.45, 7) is 0.101. The Hall–Kier alpha value is -2.70. The molecular weight excluding hydrogens is 252 g/mol. The highest BCUT2D eigenvalue weighted by atomic mass is 16.7. The Balaban J connectivity index is 2.14. The number of aromatic carboxylic acids is 1. The second-order valence-electron chi connectivity index (χ2n) is 4.07. The first-order valence-corrected chi connectivity index (χ1v) is 5.46. The smallest absolute Gasteiger partial charge is 0.356 e. The van der Waals surface area contributed by atoms with E-state index in [-0.39, 0.29) is 18.2 Å². The molecule has 2 aromatic rings. The van der Waals surface area contributed by atoms with Crippen LogP contribution in [0.3, 0.4) is 0 Å². The zero-order chi connectivity index (χ0) is 13.6. The Morgan fingerprint density at radius 1 is 1.32 bits per heavy atom. The molecule has 0 saturated heterocycles. The van der Waals surface area contributed by atoms with Gasteiger partial charge in [0, 0.05) is 18.7 Å². The highest BCUT2D eigenvalue weighted by Gasteiger charge is 2.21. The molecule has 1 aromatic heterocycles. The molecule has 7 heteroatoms. The van der Waals surface area contributed by atoms with E-state index in [1.165, 1.54) is 16.8 Å². The average Bonchev–Trinajstić information content (AvgIpc) is 2.94. The molecule has 1 aliphatic heterocycles. The molecule has 0 saturated carbocycles. The lowest BCUT2D eigenvalue weighted by molar-refractivity contribution is 0.0689. The summed E-state index contributed by atoms with van der Waals surface area (Å²) in [6.07, 6.45) is 0. The van der Waals surface area contributed by atoms with Crippen LogP contribution in [-0.4, -0.2) is 32.8 Å². The first-order chi connectivity index (χ1) is 9.06. The number of carboxylic acid groups (broad SMARTS) is 1. The fraction of sp³-hybridized carbons (Fsp3) is 0.167. The Morgan fingerprint density at radius 2 is 2.00 bits per heavy atom. The van der Waals surface area contributed by atoms with E-state index in [1.54, 1.807) is 13.1 Å². The molecule has 19 heavy (non-hydrogen) atoms. The van der Waals surface area contributed by atoms with Crippen molar-refractivity contribution in [2.75, 3.05) is 6.79 Å². The Kier molecular flexibility index (Phi) is 2.34. The summed E-state index contributed by atoms with van der Waals surface area (Å²) in [5, 5.41) is 22.7. The molecule has 0 aliphatic carbocycles. The summed E-state index contributed by atoms with van der Waals surface area (Å²) in [6, 6.07) is 4.42. The van der Waals surface area contributed by atoms with Crippen LogP contribution in [0.15, 0.2) is 18.2 Å². The van der Waals surface area contributed by atoms with Crippen LogP contribution in [0.25, 0.3) is 11.3 Å². The van der Waals surface area contributed by atoms with Crippen molar-refractivity contribution in [3.63, 3.8) is 0 Å². The van der Waals surface area contributed by atoms with E-state index in [1.807, 2.05) is 0 Å². The van der Waals surface area contributed by atoms with Crippen LogP contribution in [0, 0.1) is 0 Å². The number of phenols is 1. The highest BCUT2D eigenvalue weighted by Crippen LogP contribution is 2.41. The predicted octanol–water partition coefficient (Wildman–Crippen LogP) is 1.22. The maximum Gasteiger partial charge on any atom is 0.356 e. The molecule has 0 spiro atoms. The quantitative estimate of drug-likeness (QED) is 0.845. The van der Waals surface area contributed by atoms with Gasteiger partial charge >= 0.3 is 5.97 Å². The summed E-state index contributed by atoms with van der Waals surface area (Å²) in [4.78, 5) is 10.9. The number of aromatic hydroxyl groups is 1. The molecule has 2 N–H and O–H groups in total. The zero-order valence-electron chi connectivity index (χ0n) is 9.95. The van der Waals surface area contributed by atoms with E-state index in [2.05, 4.69) is 5.10 Å². The summed E-state index contributed by atoms with van der Waals surface area (Å²) >= 11 is 0. The molecular formula is C12H10N2O5. The summed E-state index contributed by atoms with van der Waals surface area (Å²) in [5.74, 6) is -0.181. The van der Waals surface area contributed by atoms with E-state index in [0.717, 1.165) is 0 Å². The molecule has 98 valence electrons. The van der Waals surface area contributed by atoms with Crippen molar-refractivity contribution in [3.8, 4) is 28.5 Å². The van der Waals surface area contributed by atoms with Crippen molar-refractivity contribution >= 4 is 5.97 Å². The predicted molar refractivity (Wildman–Crippen MR) is 63.4 cm³/mol. The summed E-state index contributed by atoms with van der Waals surface area (Å²) < 4.78 is 11.8. The summed E-state index contributed by atoms with van der Waals surface area (Å²) in [7, 11) is 1.60. The van der Waals surface area contributed by atoms with Gasteiger partial charge in [0.25, 0.3) is 0 Å². The van der Waals surface area contributed by atoms with E-state index >= 15 is 0 Å². The third-order valence-corrected chi connectivity index (χ3v) is 2.87. The molecule has 0 radical (unpaired) electrons. The molecule has 0 fully saturated rings. The van der Waals surface area contributed by atoms with E-state index in [9.17, 15) is 9.90 Å². The molecule has 0 bridgehead atoms. The number of carbonyl (C=O) groups is 1. The second kappa shape index (κ2) is 3.91. The van der Waals surface area contributed by atoms with Gasteiger partial charge in [0.15, 0.2) is 17.2 Å². The Bertz CT molecular complexity index is 677. The number of rotatable bonds is 2. The lowest BCUT2D eigenvalue weighted by atomic mass is 10.1. The molecule has 0 amide bonds. The topological polar surface area (TPSA) is 93.8 Å². The minimum Gasteiger partial charge on any atom is -0.507 e. The largest absolute Gasteiger partial charge is 0.507 e. The van der Waals surface area contributed by atoms with Crippen molar-refractivity contribution < 1.29 is 24.5 Å². The Labute approximate surface area is 107 Å². The van der Waals surface area contributed by atoms with E-state index in [0.29, 0.717) is 22.8 Å². The highest BCUT2D eigenvalue weighted by molar-refractivity contribution is 5.87. The number of hydrogen-bond donors (Lipinski definition) is 2. The molecule has 3 rings (SSSR count). The van der Waals surface area contributed by atoms with Crippen LogP contribution in [-0.2, 0) is 7.05 Å². The van der Waals surface area contributed by atoms with Crippen LogP contribution in [0.1, 0.15) is 10.5 Å². The number of carboxylic acids is 1. The minimum absolute atomic E-state index is 0.0239. The van der Waals surface area contributed by atoms with Crippen LogP contribution >= 0.6 is 0 Å². The van der Waals surface area contributed by atoms with Crippen molar-refractivity contribution in [3.05, 3.63) is 23.9 Å². The monoisotopic (exact) mass is 262 g/mol. The molecule has 7 nitrogen and oxygen atoms in total. The Morgan fingerprint density at radius 3 is 2.63 bits per heavy atom. The van der Waals surface area contributed by atoms with E-state index in [4.69, 9.17) is 14.6 Å². The van der Waals surface area contributed by atoms with Crippen LogP contribution in [0.4, 0.5) is 0 Å². The van der Waals surface area contributed by atoms with Crippen LogP contribution < -0.4 is 9.47 Å². The standard InChI is InChI=1S/C12H10N2O5/c1-14-8(3-7(13-14)12(16)17)6-2-10-11(4-9(6)15)19-5-18-10/h2-4,15H,5H2,1H3,(H,16,17). The normalized spacial score (nSPS) is 12.7. The van der Waals surface area contributed by atoms with Gasteiger partial charge in [-0.3, -0.25) is 4.68 Å². The van der Waals surface area contributed by atoms with Gasteiger partial charge in [-0.15, -0.1) is 0 Å². The molecule has 1 aliphatic rings. The lowest BCUT2D eigenvalue weighted by Crippen LogP contribution is -1.99. The van der Waals surface area contributed by atoms with Crippen molar-refractivity contribution in [1.82, 2.24) is 9.78 Å². The van der Waals surface area contributed by atoms with E-state index < -0.39 is 5.97 Å². The lowest BCUT2D eigenvalue weighted by Gasteiger charge is -2.06. The minimum atomic E-state index is -1.12. The SMILES string of the molecule is Cn1nc(C(=O)O)cc1-c1cc2c(cc1O)OCO2. The van der Waals surface area contributed by atoms with Crippen molar-refractivity contribution in [2.24, 2.45) is 7.05 Å². The maximum absolute atomic E-state index is 10.9. The number of ether oxygens (including phenoxy) is 2. The van der Waals surface area contributed by atoms with Gasteiger partial charge in [-0.05, 0) is 12.1 Å². The maximum atomic E-state index is 10.9. The first kappa shape index (κ1) is 11.4. The average molecular weight is 262 g/mol. The number of fused-ring (bicyclic) bond motifs is 1. The van der Waals surface area contributed by atoms with Gasteiger partial charge in [0.1, 0.15) is 5.75 Å². The molecule has 0 atom stereocenters. The van der Waals surface area contributed by atoms with Gasteiger partial charge < -0.3 is 19.7 Å². The third kappa shape index (κ3) is 1.75.